The Labute approximate surface area is 344 Å². The van der Waals surface area contributed by atoms with Crippen LogP contribution in [0.1, 0.15) is 110 Å². The number of hydrogen-bond acceptors (Lipinski definition) is 10. The van der Waals surface area contributed by atoms with Crippen molar-refractivity contribution in [3.63, 3.8) is 0 Å². The van der Waals surface area contributed by atoms with Gasteiger partial charge in [0.2, 0.25) is 5.91 Å². The number of methoxy groups -OCH3 is 2. The second kappa shape index (κ2) is 17.5. The zero-order chi connectivity index (χ0) is 41.2. The molecule has 2 aromatic heterocycles. The van der Waals surface area contributed by atoms with Crippen molar-refractivity contribution in [1.29, 1.82) is 0 Å². The molecule has 58 heavy (non-hydrogen) atoms. The zero-order valence-electron chi connectivity index (χ0n) is 35.6. The van der Waals surface area contributed by atoms with E-state index in [1.54, 1.807) is 34.4 Å². The molecule has 3 aliphatic carbocycles. The van der Waals surface area contributed by atoms with E-state index < -0.39 is 5.79 Å². The van der Waals surface area contributed by atoms with Crippen LogP contribution in [0, 0.1) is 17.8 Å². The van der Waals surface area contributed by atoms with Crippen LogP contribution in [0.25, 0.3) is 11.0 Å². The van der Waals surface area contributed by atoms with Crippen molar-refractivity contribution >= 4 is 34.1 Å². The summed E-state index contributed by atoms with van der Waals surface area (Å²) >= 11 is 0. The lowest BCUT2D eigenvalue weighted by atomic mass is 9.75. The van der Waals surface area contributed by atoms with Gasteiger partial charge in [0.1, 0.15) is 29.3 Å². The summed E-state index contributed by atoms with van der Waals surface area (Å²) < 4.78 is 19.7. The van der Waals surface area contributed by atoms with Crippen LogP contribution < -0.4 is 25.8 Å². The minimum absolute atomic E-state index is 0.00897. The van der Waals surface area contributed by atoms with Crippen LogP contribution in [0.4, 0.5) is 17.2 Å². The summed E-state index contributed by atoms with van der Waals surface area (Å²) in [4.78, 5) is 25.2. The number of anilines is 3. The molecule has 3 atom stereocenters. The van der Waals surface area contributed by atoms with Gasteiger partial charge in [0, 0.05) is 49.9 Å². The molecule has 0 unspecified atom stereocenters. The number of fused-ring (bicyclic) bond motifs is 1. The van der Waals surface area contributed by atoms with Crippen LogP contribution in [-0.2, 0) is 21.5 Å². The van der Waals surface area contributed by atoms with Gasteiger partial charge in [-0.25, -0.2) is 9.97 Å². The lowest BCUT2D eigenvalue weighted by Crippen LogP contribution is -2.49. The maximum Gasteiger partial charge on any atom is 0.224 e. The second-order valence-electron chi connectivity index (χ2n) is 18.6. The number of nitrogens with two attached hydrogens (primary N) is 1. The average molecular weight is 796 g/mol. The number of carbonyl (C=O) groups is 1. The van der Waals surface area contributed by atoms with Gasteiger partial charge in [0.05, 0.1) is 43.1 Å². The molecule has 314 valence electrons. The highest BCUT2D eigenvalue weighted by Gasteiger charge is 2.43. The van der Waals surface area contributed by atoms with E-state index in [4.69, 9.17) is 24.9 Å². The Kier molecular flexibility index (Phi) is 12.6. The summed E-state index contributed by atoms with van der Waals surface area (Å²) in [5.74, 6) is 2.70. The molecule has 0 saturated heterocycles. The first-order valence-corrected chi connectivity index (χ1v) is 21.3. The molecule has 2 heterocycles. The number of nitrogen functional groups attached to an aromatic ring is 1. The topological polar surface area (TPSA) is 149 Å². The third-order valence-electron chi connectivity index (χ3n) is 12.7. The molecule has 7 rings (SSSR count). The Morgan fingerprint density at radius 3 is 2.41 bits per heavy atom. The fourth-order valence-corrected chi connectivity index (χ4v) is 9.19. The summed E-state index contributed by atoms with van der Waals surface area (Å²) in [6.07, 6.45) is 12.9. The molecule has 12 nitrogen and oxygen atoms in total. The minimum atomic E-state index is -1.26. The zero-order valence-corrected chi connectivity index (χ0v) is 35.6. The first-order chi connectivity index (χ1) is 27.7. The van der Waals surface area contributed by atoms with Crippen molar-refractivity contribution in [3.05, 3.63) is 66.1 Å². The molecule has 4 aromatic rings. The SMILES string of the molecule is COc1ccc(CNc2ncnc3c2ccn3[C@@H]2C[C@H](CN(CC3CCC3)[C@H]3C[C@@H](CCC(=O)Nc4cc(C(C)(C)C)ccc4N)C3)C[C@H]2OC(C)(C)O)c(OC)c1. The van der Waals surface area contributed by atoms with Gasteiger partial charge in [-0.1, -0.05) is 33.3 Å². The third-order valence-corrected chi connectivity index (χ3v) is 12.7. The highest BCUT2D eigenvalue weighted by Crippen LogP contribution is 2.44. The van der Waals surface area contributed by atoms with Crippen molar-refractivity contribution < 1.29 is 24.1 Å². The number of hydrogen-bond donors (Lipinski definition) is 4. The average Bonchev–Trinajstić information content (AvgIpc) is 3.74. The summed E-state index contributed by atoms with van der Waals surface area (Å²) in [7, 11) is 3.30. The molecule has 12 heteroatoms. The van der Waals surface area contributed by atoms with E-state index in [1.165, 1.54) is 19.3 Å². The Morgan fingerprint density at radius 1 is 0.948 bits per heavy atom. The standard InChI is InChI=1S/C46H65N7O5/c1-45(2,3)33-13-15-37(47)38(23-33)51-42(54)16-11-30-19-34(20-30)52(26-29-9-8-10-29)27-31-21-39(41(22-31)58-46(4,5)55)53-18-17-36-43(49-28-50-44(36)53)48-25-32-12-14-35(56-6)24-40(32)57-7/h12-15,17-18,23-24,28-31,34,39,41,55H,8-11,16,19-22,25-27,47H2,1-7H3,(H,51,54)(H,48,49,50)/t30-,31-,34+,39+,41+/m0/s1. The molecule has 3 fully saturated rings. The molecule has 0 bridgehead atoms. The van der Waals surface area contributed by atoms with E-state index in [9.17, 15) is 9.90 Å². The molecule has 3 saturated carbocycles. The van der Waals surface area contributed by atoms with E-state index >= 15 is 0 Å². The second-order valence-corrected chi connectivity index (χ2v) is 18.6. The highest BCUT2D eigenvalue weighted by atomic mass is 16.6. The summed E-state index contributed by atoms with van der Waals surface area (Å²) in [5.41, 5.74) is 10.5. The van der Waals surface area contributed by atoms with Crippen LogP contribution in [-0.4, -0.2) is 75.7 Å². The van der Waals surface area contributed by atoms with Gasteiger partial charge in [0.15, 0.2) is 5.79 Å². The molecule has 5 N–H and O–H groups in total. The highest BCUT2D eigenvalue weighted by molar-refractivity contribution is 5.94. The van der Waals surface area contributed by atoms with Gasteiger partial charge in [-0.2, -0.15) is 0 Å². The smallest absolute Gasteiger partial charge is 0.224 e. The maximum atomic E-state index is 13.1. The summed E-state index contributed by atoms with van der Waals surface area (Å²) in [6.45, 7) is 12.6. The Bertz CT molecular complexity index is 2030. The fraction of sp³-hybridized carbons (Fsp3) is 0.587. The molecule has 2 aromatic carbocycles. The van der Waals surface area contributed by atoms with Gasteiger partial charge in [0.25, 0.3) is 0 Å². The number of nitrogens with zero attached hydrogens (tertiary/aromatic N) is 4. The quantitative estimate of drug-likeness (QED) is 0.0608. The predicted octanol–water partition coefficient (Wildman–Crippen LogP) is 8.30. The van der Waals surface area contributed by atoms with Crippen molar-refractivity contribution in [1.82, 2.24) is 19.4 Å². The van der Waals surface area contributed by atoms with Gasteiger partial charge in [-0.3, -0.25) is 9.69 Å². The number of carbonyl (C=O) groups excluding carboxylic acids is 1. The van der Waals surface area contributed by atoms with Crippen molar-refractivity contribution in [2.45, 2.75) is 128 Å². The van der Waals surface area contributed by atoms with Crippen LogP contribution in [0.15, 0.2) is 55.0 Å². The van der Waals surface area contributed by atoms with Crippen LogP contribution in [0.5, 0.6) is 11.5 Å². The van der Waals surface area contributed by atoms with Crippen LogP contribution in [0.2, 0.25) is 0 Å². The number of amides is 1. The number of rotatable bonds is 17. The van der Waals surface area contributed by atoms with E-state index in [-0.39, 0.29) is 23.5 Å². The normalized spacial score (nSPS) is 22.5. The van der Waals surface area contributed by atoms with Crippen molar-refractivity contribution in [3.8, 4) is 11.5 Å². The Morgan fingerprint density at radius 2 is 1.72 bits per heavy atom. The number of aliphatic hydroxyl groups is 1. The first kappa shape index (κ1) is 41.8. The minimum Gasteiger partial charge on any atom is -0.497 e. The molecular weight excluding hydrogens is 731 g/mol. The van der Waals surface area contributed by atoms with Gasteiger partial charge in [-0.15, -0.1) is 0 Å². The first-order valence-electron chi connectivity index (χ1n) is 21.3. The molecular formula is C46H65N7O5. The molecule has 0 aliphatic heterocycles. The molecule has 0 radical (unpaired) electrons. The van der Waals surface area contributed by atoms with E-state index in [0.717, 1.165) is 90.6 Å². The summed E-state index contributed by atoms with van der Waals surface area (Å²) in [5, 5.41) is 18.4. The fourth-order valence-electron chi connectivity index (χ4n) is 9.19. The molecule has 1 amide bonds. The van der Waals surface area contributed by atoms with E-state index in [2.05, 4.69) is 58.1 Å². The van der Waals surface area contributed by atoms with Gasteiger partial charge in [-0.05, 0) is 118 Å². The summed E-state index contributed by atoms with van der Waals surface area (Å²) in [6, 6.07) is 14.4. The largest absolute Gasteiger partial charge is 0.497 e. The Hall–Kier alpha value is -4.39. The van der Waals surface area contributed by atoms with E-state index in [0.29, 0.717) is 42.2 Å². The van der Waals surface area contributed by atoms with Crippen molar-refractivity contribution in [2.24, 2.45) is 17.8 Å². The molecule has 0 spiro atoms. The monoisotopic (exact) mass is 796 g/mol. The number of benzene rings is 2. The lowest BCUT2D eigenvalue weighted by Gasteiger charge is -2.46. The predicted molar refractivity (Wildman–Crippen MR) is 230 cm³/mol. The van der Waals surface area contributed by atoms with Crippen LogP contribution >= 0.6 is 0 Å². The van der Waals surface area contributed by atoms with Gasteiger partial charge >= 0.3 is 0 Å². The third kappa shape index (κ3) is 9.89. The Balaban J connectivity index is 0.997. The van der Waals surface area contributed by atoms with E-state index in [1.807, 2.05) is 36.4 Å². The number of nitrogens with one attached hydrogen (secondary N) is 2. The number of aromatic nitrogens is 3. The number of ether oxygens (including phenoxy) is 3. The van der Waals surface area contributed by atoms with Crippen LogP contribution in [0.3, 0.4) is 0 Å². The molecule has 3 aliphatic rings. The lowest BCUT2D eigenvalue weighted by molar-refractivity contribution is -0.211. The van der Waals surface area contributed by atoms with Crippen molar-refractivity contribution in [2.75, 3.05) is 43.7 Å². The maximum absolute atomic E-state index is 13.1. The van der Waals surface area contributed by atoms with Gasteiger partial charge < -0.3 is 40.3 Å².